The van der Waals surface area contributed by atoms with Crippen LogP contribution in [-0.4, -0.2) is 43.3 Å². The van der Waals surface area contributed by atoms with E-state index in [9.17, 15) is 14.0 Å². The second-order valence-corrected chi connectivity index (χ2v) is 7.22. The number of amides is 2. The molecule has 2 aromatic carbocycles. The van der Waals surface area contributed by atoms with Gasteiger partial charge in [0.1, 0.15) is 12.4 Å². The van der Waals surface area contributed by atoms with Crippen LogP contribution >= 0.6 is 0 Å². The van der Waals surface area contributed by atoms with Crippen molar-refractivity contribution < 1.29 is 27.8 Å². The van der Waals surface area contributed by atoms with Gasteiger partial charge in [-0.2, -0.15) is 0 Å². The largest absolute Gasteiger partial charge is 0.461 e. The standard InChI is InChI=1S/C21H19F2N3O4/c1-13(27)24-15-7-8-17(22)16(9-15)21-12-29-10-20(21,23)11-30-19(26-21)25-18(28)14-5-3-2-4-6-14/h2-9H,10-12H2,1H3,(H,24,27)(H,25,26,28). The van der Waals surface area contributed by atoms with Crippen molar-refractivity contribution in [3.63, 3.8) is 0 Å². The summed E-state index contributed by atoms with van der Waals surface area (Å²) in [5, 5.41) is 5.05. The smallest absolute Gasteiger partial charge is 0.292 e. The molecular formula is C21H19F2N3O4. The molecule has 0 bridgehead atoms. The Labute approximate surface area is 171 Å². The number of carbonyl (C=O) groups excluding carboxylic acids is 2. The Morgan fingerprint density at radius 1 is 1.07 bits per heavy atom. The molecule has 2 N–H and O–H groups in total. The molecule has 2 unspecified atom stereocenters. The summed E-state index contributed by atoms with van der Waals surface area (Å²) in [7, 11) is 0. The minimum Gasteiger partial charge on any atom is -0.461 e. The Hall–Kier alpha value is -3.33. The van der Waals surface area contributed by atoms with Crippen LogP contribution in [0.5, 0.6) is 0 Å². The van der Waals surface area contributed by atoms with Gasteiger partial charge in [-0.3, -0.25) is 14.9 Å². The lowest BCUT2D eigenvalue weighted by Gasteiger charge is -2.39. The Morgan fingerprint density at radius 3 is 2.57 bits per heavy atom. The highest BCUT2D eigenvalue weighted by molar-refractivity contribution is 6.04. The number of alkyl halides is 1. The Bertz CT molecular complexity index is 1030. The summed E-state index contributed by atoms with van der Waals surface area (Å²) in [6.07, 6.45) is 0. The van der Waals surface area contributed by atoms with Crippen LogP contribution in [0.25, 0.3) is 0 Å². The molecular weight excluding hydrogens is 396 g/mol. The number of benzene rings is 2. The second-order valence-electron chi connectivity index (χ2n) is 7.22. The Kier molecular flexibility index (Phi) is 4.98. The highest BCUT2D eigenvalue weighted by atomic mass is 19.1. The van der Waals surface area contributed by atoms with E-state index in [0.29, 0.717) is 11.3 Å². The normalized spacial score (nSPS) is 25.0. The molecule has 4 rings (SSSR count). The SMILES string of the molecule is CC(=O)Nc1ccc(F)c(C23COCC2(F)COC(NC(=O)c2ccccc2)=N3)c1. The molecule has 7 nitrogen and oxygen atoms in total. The molecule has 1 saturated heterocycles. The number of rotatable bonds is 3. The Balaban J connectivity index is 1.74. The molecule has 2 aliphatic heterocycles. The molecule has 156 valence electrons. The number of carbonyl (C=O) groups is 2. The number of nitrogens with zero attached hydrogens (tertiary/aromatic N) is 1. The molecule has 9 heteroatoms. The van der Waals surface area contributed by atoms with E-state index in [0.717, 1.165) is 6.07 Å². The molecule has 0 spiro atoms. The van der Waals surface area contributed by atoms with Gasteiger partial charge < -0.3 is 14.8 Å². The first-order chi connectivity index (χ1) is 14.3. The zero-order chi connectivity index (χ0) is 21.4. The van der Waals surface area contributed by atoms with Gasteiger partial charge >= 0.3 is 0 Å². The number of hydrogen-bond acceptors (Lipinski definition) is 5. The second kappa shape index (κ2) is 7.49. The number of halogens is 2. The van der Waals surface area contributed by atoms with E-state index in [-0.39, 0.29) is 30.7 Å². The van der Waals surface area contributed by atoms with Gasteiger partial charge in [-0.05, 0) is 30.3 Å². The van der Waals surface area contributed by atoms with Crippen LogP contribution in [0.3, 0.4) is 0 Å². The molecule has 0 radical (unpaired) electrons. The third-order valence-electron chi connectivity index (χ3n) is 5.10. The molecule has 2 amide bonds. The third-order valence-corrected chi connectivity index (χ3v) is 5.10. The summed E-state index contributed by atoms with van der Waals surface area (Å²) in [5.41, 5.74) is -3.37. The monoisotopic (exact) mass is 415 g/mol. The van der Waals surface area contributed by atoms with Crippen molar-refractivity contribution in [3.05, 3.63) is 65.5 Å². The fourth-order valence-corrected chi connectivity index (χ4v) is 3.62. The maximum absolute atomic E-state index is 15.8. The van der Waals surface area contributed by atoms with Crippen molar-refractivity contribution in [3.8, 4) is 0 Å². The van der Waals surface area contributed by atoms with E-state index in [1.165, 1.54) is 19.1 Å². The number of fused-ring (bicyclic) bond motifs is 1. The van der Waals surface area contributed by atoms with Crippen molar-refractivity contribution in [2.75, 3.05) is 25.1 Å². The lowest BCUT2D eigenvalue weighted by Crippen LogP contribution is -2.56. The first kappa shape index (κ1) is 20.0. The number of ether oxygens (including phenoxy) is 2. The predicted octanol–water partition coefficient (Wildman–Crippen LogP) is 2.53. The van der Waals surface area contributed by atoms with Gasteiger partial charge in [0, 0.05) is 23.7 Å². The van der Waals surface area contributed by atoms with E-state index in [4.69, 9.17) is 9.47 Å². The van der Waals surface area contributed by atoms with Crippen molar-refractivity contribution in [2.24, 2.45) is 4.99 Å². The average molecular weight is 415 g/mol. The molecule has 2 aliphatic rings. The van der Waals surface area contributed by atoms with Gasteiger partial charge in [0.2, 0.25) is 5.91 Å². The van der Waals surface area contributed by atoms with E-state index in [1.54, 1.807) is 30.3 Å². The molecule has 2 aromatic rings. The highest BCUT2D eigenvalue weighted by Gasteiger charge is 2.63. The van der Waals surface area contributed by atoms with Crippen LogP contribution in [0.1, 0.15) is 22.8 Å². The van der Waals surface area contributed by atoms with Crippen LogP contribution in [0.2, 0.25) is 0 Å². The third kappa shape index (κ3) is 3.41. The summed E-state index contributed by atoms with van der Waals surface area (Å²) in [6.45, 7) is 0.228. The van der Waals surface area contributed by atoms with Crippen molar-refractivity contribution in [2.45, 2.75) is 18.1 Å². The molecule has 2 heterocycles. The molecule has 0 saturated carbocycles. The number of hydrogen-bond donors (Lipinski definition) is 2. The first-order valence-electron chi connectivity index (χ1n) is 9.26. The molecule has 0 aromatic heterocycles. The lowest BCUT2D eigenvalue weighted by atomic mass is 9.78. The van der Waals surface area contributed by atoms with Crippen molar-refractivity contribution in [1.29, 1.82) is 0 Å². The molecule has 30 heavy (non-hydrogen) atoms. The molecule has 2 atom stereocenters. The number of nitrogens with one attached hydrogen (secondary N) is 2. The summed E-state index contributed by atoms with van der Waals surface area (Å²) in [6, 6.07) is 11.9. The van der Waals surface area contributed by atoms with E-state index in [2.05, 4.69) is 15.6 Å². The zero-order valence-corrected chi connectivity index (χ0v) is 16.1. The van der Waals surface area contributed by atoms with Gasteiger partial charge in [0.25, 0.3) is 11.9 Å². The quantitative estimate of drug-likeness (QED) is 0.806. The van der Waals surface area contributed by atoms with E-state index < -0.39 is 29.5 Å². The number of amidine groups is 1. The van der Waals surface area contributed by atoms with Crippen LogP contribution < -0.4 is 10.6 Å². The van der Waals surface area contributed by atoms with E-state index >= 15 is 4.39 Å². The van der Waals surface area contributed by atoms with Gasteiger partial charge in [-0.1, -0.05) is 18.2 Å². The Morgan fingerprint density at radius 2 is 1.83 bits per heavy atom. The minimum atomic E-state index is -2.15. The minimum absolute atomic E-state index is 0.0940. The number of aliphatic imine (C=N–C) groups is 1. The lowest BCUT2D eigenvalue weighted by molar-refractivity contribution is -0.114. The first-order valence-corrected chi connectivity index (χ1v) is 9.26. The van der Waals surface area contributed by atoms with Gasteiger partial charge in [-0.15, -0.1) is 0 Å². The van der Waals surface area contributed by atoms with E-state index in [1.807, 2.05) is 0 Å². The number of anilines is 1. The van der Waals surface area contributed by atoms with Crippen LogP contribution in [0, 0.1) is 5.82 Å². The molecule has 1 fully saturated rings. The summed E-state index contributed by atoms with van der Waals surface area (Å²) in [5.74, 6) is -1.57. The summed E-state index contributed by atoms with van der Waals surface area (Å²) < 4.78 is 41.3. The molecule has 0 aliphatic carbocycles. The summed E-state index contributed by atoms with van der Waals surface area (Å²) >= 11 is 0. The predicted molar refractivity (Wildman–Crippen MR) is 104 cm³/mol. The van der Waals surface area contributed by atoms with Gasteiger partial charge in [0.05, 0.1) is 13.2 Å². The zero-order valence-electron chi connectivity index (χ0n) is 16.1. The van der Waals surface area contributed by atoms with Gasteiger partial charge in [-0.25, -0.2) is 13.8 Å². The van der Waals surface area contributed by atoms with Crippen molar-refractivity contribution >= 4 is 23.5 Å². The van der Waals surface area contributed by atoms with Crippen LogP contribution in [-0.2, 0) is 19.8 Å². The van der Waals surface area contributed by atoms with Crippen molar-refractivity contribution in [1.82, 2.24) is 5.32 Å². The van der Waals surface area contributed by atoms with Gasteiger partial charge in [0.15, 0.2) is 11.2 Å². The maximum atomic E-state index is 15.8. The fraction of sp³-hybridized carbons (Fsp3) is 0.286. The topological polar surface area (TPSA) is 89.0 Å². The maximum Gasteiger partial charge on any atom is 0.292 e. The van der Waals surface area contributed by atoms with Crippen LogP contribution in [0.4, 0.5) is 14.5 Å². The van der Waals surface area contributed by atoms with Crippen LogP contribution in [0.15, 0.2) is 53.5 Å². The highest BCUT2D eigenvalue weighted by Crippen LogP contribution is 2.48. The summed E-state index contributed by atoms with van der Waals surface area (Å²) in [4.78, 5) is 28.1. The fourth-order valence-electron chi connectivity index (χ4n) is 3.62. The average Bonchev–Trinajstić information content (AvgIpc) is 3.07.